The Morgan fingerprint density at radius 2 is 2.23 bits per heavy atom. The first kappa shape index (κ1) is 15.9. The summed E-state index contributed by atoms with van der Waals surface area (Å²) in [4.78, 5) is 23.7. The largest absolute Gasteiger partial charge is 0.497 e. The van der Waals surface area contributed by atoms with Crippen LogP contribution in [-0.4, -0.2) is 33.7 Å². The highest BCUT2D eigenvalue weighted by atomic mass is 32.1. The Bertz CT molecular complexity index is 686. The fourth-order valence-electron chi connectivity index (χ4n) is 1.95. The monoisotopic (exact) mass is 321 g/mol. The maximum absolute atomic E-state index is 12.2. The summed E-state index contributed by atoms with van der Waals surface area (Å²) < 4.78 is 8.83. The molecule has 0 fully saturated rings. The number of carboxylic acids is 1. The minimum atomic E-state index is -1.01. The number of benzene rings is 1. The molecule has 2 aromatic rings. The number of hydrogen-bond donors (Lipinski definition) is 2. The molecule has 8 heteroatoms. The minimum Gasteiger partial charge on any atom is -0.497 e. The Morgan fingerprint density at radius 1 is 1.45 bits per heavy atom. The van der Waals surface area contributed by atoms with Crippen LogP contribution in [-0.2, 0) is 4.79 Å². The molecule has 0 bridgehead atoms. The second-order valence-corrected chi connectivity index (χ2v) is 5.34. The molecule has 0 spiro atoms. The maximum atomic E-state index is 12.2. The van der Waals surface area contributed by atoms with E-state index in [2.05, 4.69) is 14.9 Å². The van der Waals surface area contributed by atoms with Crippen LogP contribution in [0.1, 0.15) is 33.4 Å². The lowest BCUT2D eigenvalue weighted by Crippen LogP contribution is -2.30. The smallest absolute Gasteiger partial charge is 0.305 e. The van der Waals surface area contributed by atoms with Gasteiger partial charge in [-0.25, -0.2) is 0 Å². The topological polar surface area (TPSA) is 101 Å². The average molecular weight is 321 g/mol. The van der Waals surface area contributed by atoms with Crippen LogP contribution in [0.25, 0.3) is 0 Å². The van der Waals surface area contributed by atoms with Crippen LogP contribution in [0.2, 0.25) is 0 Å². The summed E-state index contributed by atoms with van der Waals surface area (Å²) in [5, 5.41) is 15.6. The first-order valence-corrected chi connectivity index (χ1v) is 7.24. The Hall–Kier alpha value is -2.48. The van der Waals surface area contributed by atoms with Crippen LogP contribution in [0.4, 0.5) is 0 Å². The predicted octanol–water partition coefficient (Wildman–Crippen LogP) is 1.80. The number of amides is 1. The van der Waals surface area contributed by atoms with E-state index in [1.165, 1.54) is 7.11 Å². The van der Waals surface area contributed by atoms with Gasteiger partial charge in [-0.05, 0) is 36.2 Å². The van der Waals surface area contributed by atoms with E-state index in [1.807, 2.05) is 0 Å². The van der Waals surface area contributed by atoms with E-state index in [0.29, 0.717) is 21.9 Å². The number of nitrogens with zero attached hydrogens (tertiary/aromatic N) is 2. The van der Waals surface area contributed by atoms with Crippen LogP contribution in [0.5, 0.6) is 5.75 Å². The molecule has 2 N–H and O–H groups in total. The number of nitrogens with one attached hydrogen (secondary N) is 1. The molecule has 0 saturated carbocycles. The van der Waals surface area contributed by atoms with Gasteiger partial charge in [0.25, 0.3) is 5.91 Å². The summed E-state index contributed by atoms with van der Waals surface area (Å²) in [7, 11) is 1.52. The molecule has 0 aliphatic carbocycles. The van der Waals surface area contributed by atoms with Gasteiger partial charge in [0.05, 0.1) is 25.3 Å². The van der Waals surface area contributed by atoms with Gasteiger partial charge in [-0.3, -0.25) is 9.59 Å². The SMILES string of the molecule is COc1cccc(C(CC(=O)O)NC(=O)c2snnc2C)c1. The number of aryl methyl sites for hydroxylation is 1. The van der Waals surface area contributed by atoms with Gasteiger partial charge < -0.3 is 15.2 Å². The van der Waals surface area contributed by atoms with E-state index in [9.17, 15) is 9.59 Å². The van der Waals surface area contributed by atoms with Gasteiger partial charge in [-0.15, -0.1) is 5.10 Å². The molecule has 1 aromatic heterocycles. The molecular formula is C14H15N3O4S. The van der Waals surface area contributed by atoms with Crippen LogP contribution in [0.15, 0.2) is 24.3 Å². The molecule has 0 saturated heterocycles. The maximum Gasteiger partial charge on any atom is 0.305 e. The van der Waals surface area contributed by atoms with Gasteiger partial charge in [0.1, 0.15) is 10.6 Å². The quantitative estimate of drug-likeness (QED) is 0.841. The summed E-state index contributed by atoms with van der Waals surface area (Å²) in [6, 6.07) is 6.27. The number of ether oxygens (including phenoxy) is 1. The van der Waals surface area contributed by atoms with Crippen molar-refractivity contribution in [1.29, 1.82) is 0 Å². The van der Waals surface area contributed by atoms with Crippen LogP contribution in [0, 0.1) is 6.92 Å². The van der Waals surface area contributed by atoms with Crippen molar-refractivity contribution < 1.29 is 19.4 Å². The Balaban J connectivity index is 2.24. The van der Waals surface area contributed by atoms with Crippen molar-refractivity contribution in [1.82, 2.24) is 14.9 Å². The van der Waals surface area contributed by atoms with Gasteiger partial charge in [0.2, 0.25) is 0 Å². The van der Waals surface area contributed by atoms with Crippen molar-refractivity contribution in [2.75, 3.05) is 7.11 Å². The number of aromatic nitrogens is 2. The Labute approximate surface area is 131 Å². The van der Waals surface area contributed by atoms with Crippen molar-refractivity contribution >= 4 is 23.4 Å². The Morgan fingerprint density at radius 3 is 2.82 bits per heavy atom. The molecule has 1 heterocycles. The lowest BCUT2D eigenvalue weighted by atomic mass is 10.0. The fraction of sp³-hybridized carbons (Fsp3) is 0.286. The van der Waals surface area contributed by atoms with Gasteiger partial charge in [0, 0.05) is 0 Å². The zero-order valence-electron chi connectivity index (χ0n) is 12.1. The van der Waals surface area contributed by atoms with Crippen LogP contribution in [0.3, 0.4) is 0 Å². The second-order valence-electron chi connectivity index (χ2n) is 4.59. The number of carboxylic acid groups (broad SMARTS) is 1. The third-order valence-corrected chi connectivity index (χ3v) is 3.86. The van der Waals surface area contributed by atoms with Crippen LogP contribution < -0.4 is 10.1 Å². The lowest BCUT2D eigenvalue weighted by Gasteiger charge is -2.17. The fourth-order valence-corrected chi connectivity index (χ4v) is 2.51. The number of carbonyl (C=O) groups is 2. The number of rotatable bonds is 6. The Kier molecular flexibility index (Phi) is 5.05. The number of methoxy groups -OCH3 is 1. The van der Waals surface area contributed by atoms with E-state index in [4.69, 9.17) is 9.84 Å². The standard InChI is InChI=1S/C14H15N3O4S/c1-8-13(22-17-16-8)14(20)15-11(7-12(18)19)9-4-3-5-10(6-9)21-2/h3-6,11H,7H2,1-2H3,(H,15,20)(H,18,19). The van der Waals surface area contributed by atoms with Crippen molar-refractivity contribution in [2.24, 2.45) is 0 Å². The summed E-state index contributed by atoms with van der Waals surface area (Å²) in [5.41, 5.74) is 1.17. The van der Waals surface area contributed by atoms with Crippen molar-refractivity contribution in [3.63, 3.8) is 0 Å². The van der Waals surface area contributed by atoms with Gasteiger partial charge in [-0.2, -0.15) is 0 Å². The van der Waals surface area contributed by atoms with E-state index in [-0.39, 0.29) is 12.3 Å². The highest BCUT2D eigenvalue weighted by Crippen LogP contribution is 2.23. The zero-order valence-corrected chi connectivity index (χ0v) is 12.9. The van der Waals surface area contributed by atoms with Crippen molar-refractivity contribution in [3.05, 3.63) is 40.4 Å². The molecule has 7 nitrogen and oxygen atoms in total. The molecule has 2 rings (SSSR count). The highest BCUT2D eigenvalue weighted by molar-refractivity contribution is 7.08. The molecule has 116 valence electrons. The lowest BCUT2D eigenvalue weighted by molar-refractivity contribution is -0.137. The normalized spacial score (nSPS) is 11.7. The van der Waals surface area contributed by atoms with Crippen molar-refractivity contribution in [2.45, 2.75) is 19.4 Å². The molecule has 1 amide bonds. The number of hydrogen-bond acceptors (Lipinski definition) is 6. The highest BCUT2D eigenvalue weighted by Gasteiger charge is 2.21. The molecule has 0 aliphatic heterocycles. The van der Waals surface area contributed by atoms with E-state index >= 15 is 0 Å². The second kappa shape index (κ2) is 6.99. The summed E-state index contributed by atoms with van der Waals surface area (Å²) >= 11 is 0.976. The first-order valence-electron chi connectivity index (χ1n) is 6.47. The number of carbonyl (C=O) groups excluding carboxylic acids is 1. The van der Waals surface area contributed by atoms with E-state index in [1.54, 1.807) is 31.2 Å². The minimum absolute atomic E-state index is 0.232. The molecule has 0 radical (unpaired) electrons. The molecule has 1 unspecified atom stereocenters. The van der Waals surface area contributed by atoms with Gasteiger partial charge in [-0.1, -0.05) is 16.6 Å². The van der Waals surface area contributed by atoms with Gasteiger partial charge in [0.15, 0.2) is 0 Å². The van der Waals surface area contributed by atoms with E-state index < -0.39 is 12.0 Å². The van der Waals surface area contributed by atoms with Crippen LogP contribution >= 0.6 is 11.5 Å². The molecule has 22 heavy (non-hydrogen) atoms. The van der Waals surface area contributed by atoms with Crippen molar-refractivity contribution in [3.8, 4) is 5.75 Å². The third kappa shape index (κ3) is 3.79. The zero-order chi connectivity index (χ0) is 16.1. The summed E-state index contributed by atoms with van der Waals surface area (Å²) in [6.07, 6.45) is -0.232. The van der Waals surface area contributed by atoms with Gasteiger partial charge >= 0.3 is 5.97 Å². The summed E-state index contributed by atoms with van der Waals surface area (Å²) in [5.74, 6) is -0.799. The third-order valence-electron chi connectivity index (χ3n) is 3.04. The molecule has 1 atom stereocenters. The number of aliphatic carboxylic acids is 1. The molecular weight excluding hydrogens is 306 g/mol. The molecule has 1 aromatic carbocycles. The average Bonchev–Trinajstić information content (AvgIpc) is 2.92. The summed E-state index contributed by atoms with van der Waals surface area (Å²) in [6.45, 7) is 1.68. The first-order chi connectivity index (χ1) is 10.5. The predicted molar refractivity (Wildman–Crippen MR) is 80.1 cm³/mol. The molecule has 0 aliphatic rings. The van der Waals surface area contributed by atoms with E-state index in [0.717, 1.165) is 11.5 Å².